The summed E-state index contributed by atoms with van der Waals surface area (Å²) in [5.74, 6) is 1.87. The van der Waals surface area contributed by atoms with E-state index in [0.717, 1.165) is 18.0 Å². The number of hydrogen-bond donors (Lipinski definition) is 2. The van der Waals surface area contributed by atoms with Crippen LogP contribution in [0.4, 0.5) is 5.69 Å². The topological polar surface area (TPSA) is 41.1 Å². The molecule has 3 nitrogen and oxygen atoms in total. The van der Waals surface area contributed by atoms with E-state index < -0.39 is 0 Å². The van der Waals surface area contributed by atoms with Gasteiger partial charge in [0.05, 0.1) is 6.04 Å². The van der Waals surface area contributed by atoms with Gasteiger partial charge in [-0.2, -0.15) is 0 Å². The van der Waals surface area contributed by atoms with Crippen LogP contribution in [0.1, 0.15) is 71.8 Å². The lowest BCUT2D eigenvalue weighted by atomic mass is 9.78. The molecule has 1 aliphatic carbocycles. The second kappa shape index (κ2) is 8.66. The molecule has 0 spiro atoms. The molecule has 1 fully saturated rings. The molecule has 24 heavy (non-hydrogen) atoms. The number of anilines is 1. The van der Waals surface area contributed by atoms with Gasteiger partial charge in [-0.05, 0) is 49.1 Å². The molecule has 0 bridgehead atoms. The molecule has 0 aromatic heterocycles. The third kappa shape index (κ3) is 4.60. The predicted molar refractivity (Wildman–Crippen MR) is 102 cm³/mol. The van der Waals surface area contributed by atoms with Gasteiger partial charge >= 0.3 is 0 Å². The summed E-state index contributed by atoms with van der Waals surface area (Å²) in [6, 6.07) is 8.44. The fraction of sp³-hybridized carbons (Fsp3) is 0.667. The zero-order valence-corrected chi connectivity index (χ0v) is 15.9. The first kappa shape index (κ1) is 19.0. The highest BCUT2D eigenvalue weighted by molar-refractivity contribution is 5.95. The van der Waals surface area contributed by atoms with Gasteiger partial charge in [-0.15, -0.1) is 0 Å². The minimum absolute atomic E-state index is 0.0659. The third-order valence-corrected chi connectivity index (χ3v) is 5.93. The van der Waals surface area contributed by atoms with E-state index in [1.54, 1.807) is 0 Å². The minimum atomic E-state index is -0.173. The number of amides is 1. The normalized spacial score (nSPS) is 26.6. The second-order valence-corrected chi connectivity index (χ2v) is 7.65. The van der Waals surface area contributed by atoms with E-state index in [4.69, 9.17) is 0 Å². The van der Waals surface area contributed by atoms with Crippen molar-refractivity contribution in [1.82, 2.24) is 5.32 Å². The average Bonchev–Trinajstić information content (AvgIpc) is 2.58. The van der Waals surface area contributed by atoms with Crippen LogP contribution in [0, 0.1) is 11.8 Å². The number of para-hydroxylation sites is 1. The van der Waals surface area contributed by atoms with Gasteiger partial charge in [0.2, 0.25) is 5.91 Å². The monoisotopic (exact) mass is 330 g/mol. The molecule has 1 aliphatic rings. The Bertz CT molecular complexity index is 542. The highest BCUT2D eigenvalue weighted by atomic mass is 16.2. The summed E-state index contributed by atoms with van der Waals surface area (Å²) in [7, 11) is 0. The first-order chi connectivity index (χ1) is 11.4. The molecular formula is C21H34N2O. The van der Waals surface area contributed by atoms with Gasteiger partial charge in [-0.1, -0.05) is 58.7 Å². The zero-order valence-electron chi connectivity index (χ0n) is 15.9. The summed E-state index contributed by atoms with van der Waals surface area (Å²) in [6.07, 6.45) is 4.81. The van der Waals surface area contributed by atoms with Crippen LogP contribution in [0.5, 0.6) is 0 Å². The lowest BCUT2D eigenvalue weighted by Crippen LogP contribution is -2.49. The number of carbonyl (C=O) groups excluding carboxylic acids is 1. The first-order valence-corrected chi connectivity index (χ1v) is 9.59. The van der Waals surface area contributed by atoms with E-state index in [1.165, 1.54) is 24.8 Å². The van der Waals surface area contributed by atoms with E-state index >= 15 is 0 Å². The number of carbonyl (C=O) groups is 1. The fourth-order valence-electron chi connectivity index (χ4n) is 3.72. The number of nitrogens with one attached hydrogen (secondary N) is 2. The van der Waals surface area contributed by atoms with Crippen molar-refractivity contribution in [3.8, 4) is 0 Å². The van der Waals surface area contributed by atoms with Crippen LogP contribution >= 0.6 is 0 Å². The van der Waals surface area contributed by atoms with Crippen LogP contribution in [-0.4, -0.2) is 18.0 Å². The Labute approximate surface area is 147 Å². The Hall–Kier alpha value is -1.35. The predicted octanol–water partition coefficient (Wildman–Crippen LogP) is 4.94. The molecule has 2 N–H and O–H groups in total. The standard InChI is InChI=1S/C21H34N2O/c1-6-14(2)18-11-7-8-12-20(18)23-21(24)17(5)22-19-13-9-10-15(3)16(19)4/h7-8,11-12,14-17,19,22H,6,9-10,13H2,1-5H3,(H,23,24)/t14-,15+,16-,17-,19+/m1/s1. The maximum atomic E-state index is 12.7. The highest BCUT2D eigenvalue weighted by Gasteiger charge is 2.29. The number of rotatable bonds is 6. The maximum Gasteiger partial charge on any atom is 0.241 e. The molecular weight excluding hydrogens is 296 g/mol. The first-order valence-electron chi connectivity index (χ1n) is 9.59. The molecule has 0 unspecified atom stereocenters. The van der Waals surface area contributed by atoms with E-state index in [9.17, 15) is 4.79 Å². The Kier molecular flexibility index (Phi) is 6.85. The molecule has 3 heteroatoms. The van der Waals surface area contributed by atoms with E-state index in [-0.39, 0.29) is 11.9 Å². The molecule has 1 aromatic rings. The van der Waals surface area contributed by atoms with Gasteiger partial charge in [0.25, 0.3) is 0 Å². The van der Waals surface area contributed by atoms with Gasteiger partial charge in [-0.3, -0.25) is 4.79 Å². The van der Waals surface area contributed by atoms with Crippen molar-refractivity contribution >= 4 is 11.6 Å². The minimum Gasteiger partial charge on any atom is -0.324 e. The van der Waals surface area contributed by atoms with Crippen LogP contribution in [0.25, 0.3) is 0 Å². The molecule has 1 aromatic carbocycles. The number of hydrogen-bond acceptors (Lipinski definition) is 2. The largest absolute Gasteiger partial charge is 0.324 e. The van der Waals surface area contributed by atoms with E-state index in [1.807, 2.05) is 25.1 Å². The van der Waals surface area contributed by atoms with Crippen molar-refractivity contribution in [3.05, 3.63) is 29.8 Å². The molecule has 2 rings (SSSR count). The van der Waals surface area contributed by atoms with Gasteiger partial charge < -0.3 is 10.6 Å². The van der Waals surface area contributed by atoms with Gasteiger partial charge in [0, 0.05) is 11.7 Å². The number of benzene rings is 1. The quantitative estimate of drug-likeness (QED) is 0.775. The van der Waals surface area contributed by atoms with Crippen molar-refractivity contribution in [2.45, 2.75) is 78.3 Å². The lowest BCUT2D eigenvalue weighted by Gasteiger charge is -2.36. The molecule has 5 atom stereocenters. The molecule has 134 valence electrons. The summed E-state index contributed by atoms with van der Waals surface area (Å²) >= 11 is 0. The van der Waals surface area contributed by atoms with Crippen LogP contribution in [-0.2, 0) is 4.79 Å². The summed E-state index contributed by atoms with van der Waals surface area (Å²) in [6.45, 7) is 11.0. The molecule has 0 aliphatic heterocycles. The second-order valence-electron chi connectivity index (χ2n) is 7.65. The fourth-order valence-corrected chi connectivity index (χ4v) is 3.72. The van der Waals surface area contributed by atoms with Crippen LogP contribution in [0.15, 0.2) is 24.3 Å². The highest BCUT2D eigenvalue weighted by Crippen LogP contribution is 2.30. The molecule has 0 heterocycles. The van der Waals surface area contributed by atoms with Crippen molar-refractivity contribution in [2.24, 2.45) is 11.8 Å². The SMILES string of the molecule is CC[C@@H](C)c1ccccc1NC(=O)[C@@H](C)N[C@H]1CCC[C@H](C)[C@H]1C. The van der Waals surface area contributed by atoms with Gasteiger partial charge in [0.15, 0.2) is 0 Å². The van der Waals surface area contributed by atoms with Crippen LogP contribution in [0.3, 0.4) is 0 Å². The summed E-state index contributed by atoms with van der Waals surface area (Å²) in [4.78, 5) is 12.7. The smallest absolute Gasteiger partial charge is 0.241 e. The Morgan fingerprint density at radius 1 is 1.21 bits per heavy atom. The van der Waals surface area contributed by atoms with Gasteiger partial charge in [0.1, 0.15) is 0 Å². The van der Waals surface area contributed by atoms with E-state index in [2.05, 4.69) is 44.4 Å². The Morgan fingerprint density at radius 3 is 2.62 bits per heavy atom. The Balaban J connectivity index is 1.99. The lowest BCUT2D eigenvalue weighted by molar-refractivity contribution is -0.118. The van der Waals surface area contributed by atoms with Crippen molar-refractivity contribution < 1.29 is 4.79 Å². The van der Waals surface area contributed by atoms with E-state index in [0.29, 0.717) is 17.9 Å². The van der Waals surface area contributed by atoms with Crippen molar-refractivity contribution in [1.29, 1.82) is 0 Å². The third-order valence-electron chi connectivity index (χ3n) is 5.93. The van der Waals surface area contributed by atoms with Crippen molar-refractivity contribution in [3.63, 3.8) is 0 Å². The van der Waals surface area contributed by atoms with Crippen LogP contribution < -0.4 is 10.6 Å². The maximum absolute atomic E-state index is 12.7. The molecule has 0 saturated heterocycles. The Morgan fingerprint density at radius 2 is 1.92 bits per heavy atom. The average molecular weight is 331 g/mol. The van der Waals surface area contributed by atoms with Crippen LogP contribution in [0.2, 0.25) is 0 Å². The zero-order chi connectivity index (χ0) is 17.7. The van der Waals surface area contributed by atoms with Crippen molar-refractivity contribution in [2.75, 3.05) is 5.32 Å². The summed E-state index contributed by atoms with van der Waals surface area (Å²) < 4.78 is 0. The van der Waals surface area contributed by atoms with Gasteiger partial charge in [-0.25, -0.2) is 0 Å². The summed E-state index contributed by atoms with van der Waals surface area (Å²) in [5, 5.41) is 6.71. The summed E-state index contributed by atoms with van der Waals surface area (Å²) in [5.41, 5.74) is 2.18. The molecule has 1 amide bonds. The molecule has 1 saturated carbocycles. The molecule has 0 radical (unpaired) electrons.